The van der Waals surface area contributed by atoms with E-state index in [4.69, 9.17) is 9.47 Å². The number of aryl methyl sites for hydroxylation is 1. The molecule has 140 valence electrons. The first-order valence-electron chi connectivity index (χ1n) is 8.34. The molecule has 1 fully saturated rings. The number of carbonyl (C=O) groups excluding carboxylic acids is 1. The molecule has 8 heteroatoms. The van der Waals surface area contributed by atoms with Gasteiger partial charge in [0.1, 0.15) is 5.75 Å². The summed E-state index contributed by atoms with van der Waals surface area (Å²) in [5.41, 5.74) is 0.999. The van der Waals surface area contributed by atoms with Crippen molar-refractivity contribution >= 4 is 15.9 Å². The van der Waals surface area contributed by atoms with E-state index in [1.807, 2.05) is 24.3 Å². The van der Waals surface area contributed by atoms with Gasteiger partial charge < -0.3 is 14.4 Å². The second kappa shape index (κ2) is 9.17. The number of carbonyl (C=O) groups is 1. The summed E-state index contributed by atoms with van der Waals surface area (Å²) in [7, 11) is -0.210. The van der Waals surface area contributed by atoms with Crippen LogP contribution < -0.4 is 4.74 Å². The molecular formula is C17H26N2O5S. The van der Waals surface area contributed by atoms with Crippen molar-refractivity contribution in [3.63, 3.8) is 0 Å². The highest BCUT2D eigenvalue weighted by molar-refractivity contribution is 7.89. The lowest BCUT2D eigenvalue weighted by Crippen LogP contribution is -2.51. The molecule has 1 saturated heterocycles. The predicted molar refractivity (Wildman–Crippen MR) is 95.1 cm³/mol. The first-order valence-corrected chi connectivity index (χ1v) is 9.95. The summed E-state index contributed by atoms with van der Waals surface area (Å²) in [6.07, 6.45) is 0.992. The number of piperazine rings is 1. The van der Waals surface area contributed by atoms with Gasteiger partial charge in [0.2, 0.25) is 15.9 Å². The first-order chi connectivity index (χ1) is 12.0. The highest BCUT2D eigenvalue weighted by atomic mass is 32.2. The van der Waals surface area contributed by atoms with Gasteiger partial charge >= 0.3 is 0 Å². The number of benzene rings is 1. The van der Waals surface area contributed by atoms with Gasteiger partial charge in [-0.1, -0.05) is 18.2 Å². The minimum Gasteiger partial charge on any atom is -0.496 e. The molecule has 0 aromatic heterocycles. The molecule has 0 spiro atoms. The van der Waals surface area contributed by atoms with Gasteiger partial charge in [-0.25, -0.2) is 8.42 Å². The number of nitrogens with zero attached hydrogens (tertiary/aromatic N) is 2. The Morgan fingerprint density at radius 3 is 2.44 bits per heavy atom. The Labute approximate surface area is 149 Å². The topological polar surface area (TPSA) is 76.2 Å². The predicted octanol–water partition coefficient (Wildman–Crippen LogP) is 0.748. The van der Waals surface area contributed by atoms with Gasteiger partial charge in [-0.05, 0) is 18.1 Å². The Morgan fingerprint density at radius 2 is 1.80 bits per heavy atom. The molecular weight excluding hydrogens is 344 g/mol. The normalized spacial score (nSPS) is 16.0. The molecule has 1 aliphatic rings. The van der Waals surface area contributed by atoms with Gasteiger partial charge in [-0.2, -0.15) is 4.31 Å². The lowest BCUT2D eigenvalue weighted by atomic mass is 10.1. The molecule has 0 unspecified atom stereocenters. The highest BCUT2D eigenvalue weighted by Gasteiger charge is 2.28. The Hall–Kier alpha value is -1.64. The van der Waals surface area contributed by atoms with E-state index in [9.17, 15) is 13.2 Å². The van der Waals surface area contributed by atoms with Crippen LogP contribution in [0.3, 0.4) is 0 Å². The maximum absolute atomic E-state index is 12.4. The molecule has 1 aliphatic heterocycles. The van der Waals surface area contributed by atoms with Crippen LogP contribution in [0.15, 0.2) is 24.3 Å². The van der Waals surface area contributed by atoms with Gasteiger partial charge in [0.15, 0.2) is 0 Å². The number of rotatable bonds is 8. The zero-order valence-electron chi connectivity index (χ0n) is 14.8. The van der Waals surface area contributed by atoms with Crippen LogP contribution in [-0.2, 0) is 26.0 Å². The van der Waals surface area contributed by atoms with E-state index in [0.29, 0.717) is 39.0 Å². The van der Waals surface area contributed by atoms with Crippen molar-refractivity contribution in [2.24, 2.45) is 0 Å². The average Bonchev–Trinajstić information content (AvgIpc) is 2.64. The molecule has 1 heterocycles. The second-order valence-corrected chi connectivity index (χ2v) is 7.99. The van der Waals surface area contributed by atoms with E-state index in [1.165, 1.54) is 11.4 Å². The largest absolute Gasteiger partial charge is 0.496 e. The molecule has 0 N–H and O–H groups in total. The summed E-state index contributed by atoms with van der Waals surface area (Å²) < 4.78 is 35.8. The summed E-state index contributed by atoms with van der Waals surface area (Å²) in [6.45, 7) is 1.72. The Bertz CT molecular complexity index is 669. The van der Waals surface area contributed by atoms with Crippen LogP contribution in [0, 0.1) is 0 Å². The van der Waals surface area contributed by atoms with Crippen molar-refractivity contribution in [1.82, 2.24) is 9.21 Å². The highest BCUT2D eigenvalue weighted by Crippen LogP contribution is 2.19. The lowest BCUT2D eigenvalue weighted by molar-refractivity contribution is -0.132. The molecule has 1 aromatic rings. The van der Waals surface area contributed by atoms with Crippen LogP contribution in [-0.4, -0.2) is 76.3 Å². The van der Waals surface area contributed by atoms with E-state index < -0.39 is 10.0 Å². The maximum atomic E-state index is 12.4. The lowest BCUT2D eigenvalue weighted by Gasteiger charge is -2.34. The zero-order valence-corrected chi connectivity index (χ0v) is 15.6. The third-order valence-electron chi connectivity index (χ3n) is 4.33. The van der Waals surface area contributed by atoms with Crippen LogP contribution in [0.4, 0.5) is 0 Å². The third-order valence-corrected chi connectivity index (χ3v) is 6.17. The first kappa shape index (κ1) is 19.7. The molecule has 0 aliphatic carbocycles. The van der Waals surface area contributed by atoms with Crippen molar-refractivity contribution in [1.29, 1.82) is 0 Å². The number of ether oxygens (including phenoxy) is 2. The molecule has 0 saturated carbocycles. The summed E-state index contributed by atoms with van der Waals surface area (Å²) >= 11 is 0. The van der Waals surface area contributed by atoms with E-state index >= 15 is 0 Å². The summed E-state index contributed by atoms with van der Waals surface area (Å²) in [5.74, 6) is 0.801. The fourth-order valence-corrected chi connectivity index (χ4v) is 4.20. The van der Waals surface area contributed by atoms with Gasteiger partial charge in [-0.3, -0.25) is 4.79 Å². The van der Waals surface area contributed by atoms with Crippen molar-refractivity contribution < 1.29 is 22.7 Å². The molecule has 25 heavy (non-hydrogen) atoms. The van der Waals surface area contributed by atoms with Crippen LogP contribution in [0.1, 0.15) is 12.0 Å². The van der Waals surface area contributed by atoms with Gasteiger partial charge in [-0.15, -0.1) is 0 Å². The zero-order chi connectivity index (χ0) is 18.3. The van der Waals surface area contributed by atoms with E-state index in [0.717, 1.165) is 11.3 Å². The number of sulfonamides is 1. The Balaban J connectivity index is 1.83. The number of hydrogen-bond acceptors (Lipinski definition) is 5. The SMILES string of the molecule is COCCS(=O)(=O)N1CCN(C(=O)CCc2ccccc2OC)CC1. The second-order valence-electron chi connectivity index (χ2n) is 5.90. The van der Waals surface area contributed by atoms with Gasteiger partial charge in [0.25, 0.3) is 0 Å². The number of methoxy groups -OCH3 is 2. The molecule has 0 bridgehead atoms. The number of para-hydroxylation sites is 1. The van der Waals surface area contributed by atoms with E-state index in [-0.39, 0.29) is 18.3 Å². The van der Waals surface area contributed by atoms with Crippen molar-refractivity contribution in [3.05, 3.63) is 29.8 Å². The van der Waals surface area contributed by atoms with Crippen molar-refractivity contribution in [3.8, 4) is 5.75 Å². The summed E-state index contributed by atoms with van der Waals surface area (Å²) in [5, 5.41) is 0. The summed E-state index contributed by atoms with van der Waals surface area (Å²) in [4.78, 5) is 14.1. The molecule has 0 radical (unpaired) electrons. The monoisotopic (exact) mass is 370 g/mol. The van der Waals surface area contributed by atoms with Crippen LogP contribution in [0.5, 0.6) is 5.75 Å². The molecule has 1 amide bonds. The van der Waals surface area contributed by atoms with Gasteiger partial charge in [0, 0.05) is 39.7 Å². The fraction of sp³-hybridized carbons (Fsp3) is 0.588. The fourth-order valence-electron chi connectivity index (χ4n) is 2.84. The maximum Gasteiger partial charge on any atom is 0.222 e. The molecule has 1 aromatic carbocycles. The summed E-state index contributed by atoms with van der Waals surface area (Å²) in [6, 6.07) is 7.65. The average molecular weight is 370 g/mol. The van der Waals surface area contributed by atoms with Crippen LogP contribution >= 0.6 is 0 Å². The Morgan fingerprint density at radius 1 is 1.12 bits per heavy atom. The molecule has 2 rings (SSSR count). The van der Waals surface area contributed by atoms with Crippen molar-refractivity contribution in [2.45, 2.75) is 12.8 Å². The van der Waals surface area contributed by atoms with E-state index in [1.54, 1.807) is 12.0 Å². The standard InChI is InChI=1S/C17H26N2O5S/c1-23-13-14-25(21,22)19-11-9-18(10-12-19)17(20)8-7-15-5-3-4-6-16(15)24-2/h3-6H,7-14H2,1-2H3. The van der Waals surface area contributed by atoms with Gasteiger partial charge in [0.05, 0.1) is 19.5 Å². The number of amides is 1. The molecule has 7 nitrogen and oxygen atoms in total. The Kier molecular flexibility index (Phi) is 7.22. The minimum atomic E-state index is -3.31. The van der Waals surface area contributed by atoms with Crippen LogP contribution in [0.2, 0.25) is 0 Å². The molecule has 0 atom stereocenters. The van der Waals surface area contributed by atoms with E-state index in [2.05, 4.69) is 0 Å². The number of hydrogen-bond donors (Lipinski definition) is 0. The van der Waals surface area contributed by atoms with Crippen LogP contribution in [0.25, 0.3) is 0 Å². The van der Waals surface area contributed by atoms with Crippen molar-refractivity contribution in [2.75, 3.05) is 52.8 Å². The third kappa shape index (κ3) is 5.42. The quantitative estimate of drug-likeness (QED) is 0.675. The minimum absolute atomic E-state index is 0.0226. The smallest absolute Gasteiger partial charge is 0.222 e.